The minimum atomic E-state index is -1.46. The molecule has 2 amide bonds. The summed E-state index contributed by atoms with van der Waals surface area (Å²) >= 11 is 1.35. The number of anilines is 1. The molecule has 0 aliphatic rings. The van der Waals surface area contributed by atoms with E-state index in [0.717, 1.165) is 18.2 Å². The Bertz CT molecular complexity index is 1280. The molecule has 4 aromatic rings. The quantitative estimate of drug-likeness (QED) is 0.441. The van der Waals surface area contributed by atoms with Crippen molar-refractivity contribution in [2.45, 2.75) is 5.92 Å². The zero-order valence-corrected chi connectivity index (χ0v) is 16.5. The van der Waals surface area contributed by atoms with Crippen molar-refractivity contribution in [3.05, 3.63) is 77.4 Å². The number of hydrogen-bond donors (Lipinski definition) is 2. The molecule has 0 aliphatic heterocycles. The number of carbonyl (C=O) groups is 2. The zero-order chi connectivity index (χ0) is 22.0. The lowest BCUT2D eigenvalue weighted by atomic mass is 9.97. The van der Waals surface area contributed by atoms with Crippen LogP contribution >= 0.6 is 11.3 Å². The molecule has 4 rings (SSSR count). The molecule has 2 aromatic carbocycles. The van der Waals surface area contributed by atoms with Gasteiger partial charge in [0.15, 0.2) is 11.6 Å². The fraction of sp³-hybridized carbons (Fsp3) is 0.0476. The maximum Gasteiger partial charge on any atom is 0.241 e. The number of thiophene rings is 1. The Morgan fingerprint density at radius 3 is 2.55 bits per heavy atom. The van der Waals surface area contributed by atoms with E-state index in [0.29, 0.717) is 10.2 Å². The van der Waals surface area contributed by atoms with Gasteiger partial charge in [-0.3, -0.25) is 9.59 Å². The minimum Gasteiger partial charge on any atom is -0.434 e. The summed E-state index contributed by atoms with van der Waals surface area (Å²) in [5.41, 5.74) is 6.35. The molecular weight excluding hydrogens is 426 g/mol. The first-order chi connectivity index (χ1) is 14.9. The summed E-state index contributed by atoms with van der Waals surface area (Å²) in [6.07, 6.45) is 1.31. The third-order valence-corrected chi connectivity index (χ3v) is 5.26. The number of benzene rings is 2. The number of ether oxygens (including phenoxy) is 1. The topological polar surface area (TPSA) is 107 Å². The second kappa shape index (κ2) is 8.44. The minimum absolute atomic E-state index is 0.0425. The highest BCUT2D eigenvalue weighted by molar-refractivity contribution is 7.17. The standard InChI is InChI=1S/C21H14F2N4O3S/c22-12-2-4-13(5-3-12)27-20(29)17(19(24)28)11-1-6-16(14(23)9-11)30-21-18-15(7-8-31-18)25-10-26-21/h1-10,17H,(H2,24,28)(H,27,29). The van der Waals surface area contributed by atoms with Crippen LogP contribution < -0.4 is 15.8 Å². The van der Waals surface area contributed by atoms with E-state index < -0.39 is 29.4 Å². The predicted molar refractivity (Wildman–Crippen MR) is 111 cm³/mol. The van der Waals surface area contributed by atoms with Crippen LogP contribution in [0.5, 0.6) is 11.6 Å². The van der Waals surface area contributed by atoms with Crippen LogP contribution in [-0.4, -0.2) is 21.8 Å². The molecule has 0 radical (unpaired) electrons. The highest BCUT2D eigenvalue weighted by Crippen LogP contribution is 2.32. The summed E-state index contributed by atoms with van der Waals surface area (Å²) in [6, 6.07) is 10.4. The third-order valence-electron chi connectivity index (χ3n) is 4.36. The van der Waals surface area contributed by atoms with Crippen molar-refractivity contribution in [1.29, 1.82) is 0 Å². The van der Waals surface area contributed by atoms with Gasteiger partial charge < -0.3 is 15.8 Å². The summed E-state index contributed by atoms with van der Waals surface area (Å²) in [7, 11) is 0. The number of aromatic nitrogens is 2. The number of primary amides is 1. The van der Waals surface area contributed by atoms with Crippen molar-refractivity contribution < 1.29 is 23.1 Å². The molecule has 31 heavy (non-hydrogen) atoms. The van der Waals surface area contributed by atoms with Crippen LogP contribution in [-0.2, 0) is 9.59 Å². The van der Waals surface area contributed by atoms with E-state index in [-0.39, 0.29) is 22.9 Å². The Morgan fingerprint density at radius 2 is 1.84 bits per heavy atom. The number of fused-ring (bicyclic) bond motifs is 1. The second-order valence-corrected chi connectivity index (χ2v) is 7.35. The SMILES string of the molecule is NC(=O)C(C(=O)Nc1ccc(F)cc1)c1ccc(Oc2ncnc3ccsc23)c(F)c1. The Morgan fingerprint density at radius 1 is 1.06 bits per heavy atom. The summed E-state index contributed by atoms with van der Waals surface area (Å²) in [5, 5.41) is 4.27. The summed E-state index contributed by atoms with van der Waals surface area (Å²) < 4.78 is 34.0. The van der Waals surface area contributed by atoms with Crippen molar-refractivity contribution in [1.82, 2.24) is 9.97 Å². The third kappa shape index (κ3) is 4.33. The van der Waals surface area contributed by atoms with Gasteiger partial charge in [0.1, 0.15) is 22.8 Å². The number of rotatable bonds is 6. The van der Waals surface area contributed by atoms with Gasteiger partial charge in [-0.2, -0.15) is 0 Å². The molecule has 1 unspecified atom stereocenters. The van der Waals surface area contributed by atoms with Gasteiger partial charge in [-0.1, -0.05) is 6.07 Å². The number of amides is 2. The lowest BCUT2D eigenvalue weighted by Gasteiger charge is -2.15. The molecule has 0 bridgehead atoms. The normalized spacial score (nSPS) is 11.8. The lowest BCUT2D eigenvalue weighted by Crippen LogP contribution is -2.32. The molecule has 0 saturated carbocycles. The molecule has 0 spiro atoms. The van der Waals surface area contributed by atoms with Gasteiger partial charge in [0.2, 0.25) is 17.7 Å². The Balaban J connectivity index is 1.58. The average Bonchev–Trinajstić information content (AvgIpc) is 3.21. The van der Waals surface area contributed by atoms with Crippen LogP contribution in [0.4, 0.5) is 14.5 Å². The largest absolute Gasteiger partial charge is 0.434 e. The van der Waals surface area contributed by atoms with Crippen LogP contribution in [0.1, 0.15) is 11.5 Å². The fourth-order valence-electron chi connectivity index (χ4n) is 2.92. The van der Waals surface area contributed by atoms with E-state index in [4.69, 9.17) is 10.5 Å². The van der Waals surface area contributed by atoms with Crippen LogP contribution in [0.3, 0.4) is 0 Å². The molecule has 2 aromatic heterocycles. The average molecular weight is 440 g/mol. The Hall–Kier alpha value is -3.92. The van der Waals surface area contributed by atoms with Crippen molar-refractivity contribution in [2.24, 2.45) is 5.73 Å². The number of nitrogens with two attached hydrogens (primary N) is 1. The maximum absolute atomic E-state index is 14.7. The van der Waals surface area contributed by atoms with Crippen molar-refractivity contribution >= 4 is 39.1 Å². The van der Waals surface area contributed by atoms with Gasteiger partial charge in [-0.15, -0.1) is 11.3 Å². The zero-order valence-electron chi connectivity index (χ0n) is 15.7. The second-order valence-electron chi connectivity index (χ2n) is 6.44. The molecule has 10 heteroatoms. The Labute approximate surface area is 178 Å². The molecule has 3 N–H and O–H groups in total. The predicted octanol–water partition coefficient (Wildman–Crippen LogP) is 3.97. The first-order valence-corrected chi connectivity index (χ1v) is 9.81. The molecule has 7 nitrogen and oxygen atoms in total. The van der Waals surface area contributed by atoms with Crippen LogP contribution in [0.25, 0.3) is 10.2 Å². The molecule has 2 heterocycles. The molecule has 1 atom stereocenters. The smallest absolute Gasteiger partial charge is 0.241 e. The van der Waals surface area contributed by atoms with Gasteiger partial charge in [0.25, 0.3) is 0 Å². The highest BCUT2D eigenvalue weighted by Gasteiger charge is 2.28. The molecular formula is C21H14F2N4O3S. The van der Waals surface area contributed by atoms with E-state index in [1.54, 1.807) is 6.07 Å². The van der Waals surface area contributed by atoms with Crippen molar-refractivity contribution in [3.63, 3.8) is 0 Å². The van der Waals surface area contributed by atoms with Crippen molar-refractivity contribution in [3.8, 4) is 11.6 Å². The molecule has 0 fully saturated rings. The van der Waals surface area contributed by atoms with Gasteiger partial charge in [0.05, 0.1) is 5.52 Å². The highest BCUT2D eigenvalue weighted by atomic mass is 32.1. The first-order valence-electron chi connectivity index (χ1n) is 8.93. The number of hydrogen-bond acceptors (Lipinski definition) is 6. The van der Waals surface area contributed by atoms with Gasteiger partial charge in [-0.05, 0) is 53.4 Å². The first kappa shape index (κ1) is 20.4. The monoisotopic (exact) mass is 440 g/mol. The van der Waals surface area contributed by atoms with Gasteiger partial charge >= 0.3 is 0 Å². The van der Waals surface area contributed by atoms with Crippen molar-refractivity contribution in [2.75, 3.05) is 5.32 Å². The fourth-order valence-corrected chi connectivity index (χ4v) is 3.68. The number of nitrogens with zero attached hydrogens (tertiary/aromatic N) is 2. The molecule has 156 valence electrons. The number of nitrogens with one attached hydrogen (secondary N) is 1. The lowest BCUT2D eigenvalue weighted by molar-refractivity contribution is -0.127. The summed E-state index contributed by atoms with van der Waals surface area (Å²) in [6.45, 7) is 0. The van der Waals surface area contributed by atoms with Gasteiger partial charge in [0, 0.05) is 5.69 Å². The van der Waals surface area contributed by atoms with Gasteiger partial charge in [-0.25, -0.2) is 18.7 Å². The number of halogens is 2. The van der Waals surface area contributed by atoms with Crippen LogP contribution in [0, 0.1) is 11.6 Å². The summed E-state index contributed by atoms with van der Waals surface area (Å²) in [5.74, 6) is -4.44. The van der Waals surface area contributed by atoms with Crippen LogP contribution in [0.15, 0.2) is 60.2 Å². The van der Waals surface area contributed by atoms with E-state index in [1.807, 2.05) is 5.38 Å². The summed E-state index contributed by atoms with van der Waals surface area (Å²) in [4.78, 5) is 32.6. The number of carbonyl (C=O) groups excluding carboxylic acids is 2. The molecule has 0 aliphatic carbocycles. The van der Waals surface area contributed by atoms with E-state index in [2.05, 4.69) is 15.3 Å². The van der Waals surface area contributed by atoms with E-state index in [9.17, 15) is 18.4 Å². The van der Waals surface area contributed by atoms with E-state index >= 15 is 0 Å². The Kier molecular flexibility index (Phi) is 5.54. The van der Waals surface area contributed by atoms with E-state index in [1.165, 1.54) is 41.9 Å². The van der Waals surface area contributed by atoms with Crippen LogP contribution in [0.2, 0.25) is 0 Å². The molecule has 0 saturated heterocycles. The maximum atomic E-state index is 14.7.